The van der Waals surface area contributed by atoms with Crippen LogP contribution in [0, 0.1) is 0 Å². The molecule has 114 valence electrons. The van der Waals surface area contributed by atoms with Crippen molar-refractivity contribution in [1.29, 1.82) is 0 Å². The summed E-state index contributed by atoms with van der Waals surface area (Å²) in [6.07, 6.45) is 0. The van der Waals surface area contributed by atoms with Gasteiger partial charge in [0.05, 0.1) is 23.1 Å². The molecule has 0 spiro atoms. The molecule has 1 rings (SSSR count). The lowest BCUT2D eigenvalue weighted by atomic mass is 10.1. The van der Waals surface area contributed by atoms with E-state index in [2.05, 4.69) is 25.4 Å². The van der Waals surface area contributed by atoms with Crippen molar-refractivity contribution in [3.8, 4) is 0 Å². The van der Waals surface area contributed by atoms with E-state index in [0.29, 0.717) is 0 Å². The van der Waals surface area contributed by atoms with Gasteiger partial charge in [-0.05, 0) is 28.9 Å². The Morgan fingerprint density at radius 2 is 2.20 bits per heavy atom. The second kappa shape index (κ2) is 6.50. The molecule has 0 aliphatic rings. The number of hydrogen-bond donors (Lipinski definition) is 3. The van der Waals surface area contributed by atoms with Crippen LogP contribution in [-0.4, -0.2) is 50.5 Å². The molecule has 0 fully saturated rings. The lowest BCUT2D eigenvalue weighted by Crippen LogP contribution is -2.43. The Labute approximate surface area is 128 Å². The Balaban J connectivity index is 2.99. The number of methoxy groups -OCH3 is 1. The molecule has 1 aromatic rings. The largest absolute Gasteiger partial charge is 0.465 e. The molecule has 1 heterocycles. The number of aliphatic hydroxyl groups excluding tert-OH is 1. The number of thiophene rings is 1. The van der Waals surface area contributed by atoms with E-state index in [9.17, 15) is 18.3 Å². The molecule has 0 amide bonds. The average molecular weight is 388 g/mol. The van der Waals surface area contributed by atoms with Crippen LogP contribution < -0.4 is 4.72 Å². The van der Waals surface area contributed by atoms with Crippen molar-refractivity contribution in [1.82, 2.24) is 4.72 Å². The first-order valence-electron chi connectivity index (χ1n) is 5.33. The van der Waals surface area contributed by atoms with Gasteiger partial charge < -0.3 is 14.9 Å². The van der Waals surface area contributed by atoms with Crippen LogP contribution in [0.5, 0.6) is 0 Å². The summed E-state index contributed by atoms with van der Waals surface area (Å²) in [4.78, 5) is 11.4. The average Bonchev–Trinajstić information content (AvgIpc) is 2.79. The maximum Gasteiger partial charge on any atom is 0.348 e. The third-order valence-corrected chi connectivity index (χ3v) is 5.95. The molecule has 1 unspecified atom stereocenters. The second-order valence-electron chi connectivity index (χ2n) is 4.22. The van der Waals surface area contributed by atoms with Gasteiger partial charge in [-0.1, -0.05) is 0 Å². The number of nitrogens with one attached hydrogen (secondary N) is 1. The van der Waals surface area contributed by atoms with Crippen molar-refractivity contribution in [2.24, 2.45) is 0 Å². The van der Waals surface area contributed by atoms with E-state index < -0.39 is 28.2 Å². The summed E-state index contributed by atoms with van der Waals surface area (Å²) in [6, 6.07) is 1.18. The van der Waals surface area contributed by atoms with Gasteiger partial charge in [0.1, 0.15) is 9.77 Å². The van der Waals surface area contributed by atoms with E-state index in [1.54, 1.807) is 0 Å². The molecule has 0 aromatic carbocycles. The number of carbonyl (C=O) groups is 1. The third-order valence-electron chi connectivity index (χ3n) is 2.32. The van der Waals surface area contributed by atoms with E-state index in [0.717, 1.165) is 11.3 Å². The van der Waals surface area contributed by atoms with Gasteiger partial charge in [0, 0.05) is 6.54 Å². The van der Waals surface area contributed by atoms with Crippen molar-refractivity contribution >= 4 is 43.3 Å². The minimum atomic E-state index is -3.92. The second-order valence-corrected chi connectivity index (χ2v) is 8.33. The zero-order chi connectivity index (χ0) is 15.6. The molecule has 0 bridgehead atoms. The number of sulfonamides is 1. The van der Waals surface area contributed by atoms with Crippen LogP contribution >= 0.6 is 27.3 Å². The highest BCUT2D eigenvalue weighted by molar-refractivity contribution is 9.11. The van der Waals surface area contributed by atoms with Crippen molar-refractivity contribution in [2.75, 3.05) is 20.3 Å². The smallest absolute Gasteiger partial charge is 0.348 e. The quantitative estimate of drug-likeness (QED) is 0.605. The highest BCUT2D eigenvalue weighted by atomic mass is 79.9. The predicted molar refractivity (Wildman–Crippen MR) is 76.3 cm³/mol. The van der Waals surface area contributed by atoms with Gasteiger partial charge >= 0.3 is 5.97 Å². The van der Waals surface area contributed by atoms with Crippen LogP contribution in [0.25, 0.3) is 0 Å². The summed E-state index contributed by atoms with van der Waals surface area (Å²) in [5.74, 6) is -0.639. The number of carbonyl (C=O) groups excluding carboxylic acids is 1. The molecule has 1 aromatic heterocycles. The molecule has 0 aliphatic carbocycles. The molecule has 0 radical (unpaired) electrons. The molecular weight excluding hydrogens is 374 g/mol. The Morgan fingerprint density at radius 1 is 1.60 bits per heavy atom. The van der Waals surface area contributed by atoms with Crippen molar-refractivity contribution in [3.63, 3.8) is 0 Å². The van der Waals surface area contributed by atoms with Crippen LogP contribution in [0.15, 0.2) is 14.7 Å². The van der Waals surface area contributed by atoms with Gasteiger partial charge in [-0.2, -0.15) is 0 Å². The first-order chi connectivity index (χ1) is 9.13. The van der Waals surface area contributed by atoms with Gasteiger partial charge in [0.15, 0.2) is 0 Å². The zero-order valence-electron chi connectivity index (χ0n) is 10.7. The first-order valence-corrected chi connectivity index (χ1v) is 8.43. The van der Waals surface area contributed by atoms with Crippen LogP contribution in [0.2, 0.25) is 0 Å². The topological polar surface area (TPSA) is 113 Å². The van der Waals surface area contributed by atoms with Crippen LogP contribution in [-0.2, 0) is 14.8 Å². The monoisotopic (exact) mass is 387 g/mol. The summed E-state index contributed by atoms with van der Waals surface area (Å²) in [7, 11) is -2.73. The summed E-state index contributed by atoms with van der Waals surface area (Å²) < 4.78 is 31.0. The maximum absolute atomic E-state index is 12.1. The molecule has 3 N–H and O–H groups in total. The normalized spacial score (nSPS) is 14.8. The van der Waals surface area contributed by atoms with Crippen molar-refractivity contribution in [2.45, 2.75) is 17.4 Å². The first kappa shape index (κ1) is 17.5. The SMILES string of the molecule is COC(=O)c1cc(S(=O)(=O)NCC(C)(O)CO)c(Br)s1. The molecule has 1 atom stereocenters. The van der Waals surface area contributed by atoms with Crippen LogP contribution in [0.3, 0.4) is 0 Å². The summed E-state index contributed by atoms with van der Waals surface area (Å²) in [6.45, 7) is 0.341. The summed E-state index contributed by atoms with van der Waals surface area (Å²) >= 11 is 3.99. The summed E-state index contributed by atoms with van der Waals surface area (Å²) in [5, 5.41) is 18.4. The zero-order valence-corrected chi connectivity index (χ0v) is 13.9. The number of rotatable bonds is 6. The number of halogens is 1. The Kier molecular flexibility index (Phi) is 5.70. The van der Waals surface area contributed by atoms with Crippen LogP contribution in [0.1, 0.15) is 16.6 Å². The van der Waals surface area contributed by atoms with Gasteiger partial charge in [-0.3, -0.25) is 0 Å². The van der Waals surface area contributed by atoms with Gasteiger partial charge in [0.2, 0.25) is 10.0 Å². The number of aliphatic hydroxyl groups is 2. The Hall–Kier alpha value is -0.520. The van der Waals surface area contributed by atoms with Crippen LogP contribution in [0.4, 0.5) is 0 Å². The fourth-order valence-corrected chi connectivity index (χ4v) is 4.76. The van der Waals surface area contributed by atoms with Gasteiger partial charge in [0.25, 0.3) is 0 Å². The minimum absolute atomic E-state index is 0.128. The van der Waals surface area contributed by atoms with Crippen molar-refractivity contribution < 1.29 is 28.2 Å². The lowest BCUT2D eigenvalue weighted by molar-refractivity contribution is 0.00681. The number of hydrogen-bond acceptors (Lipinski definition) is 7. The van der Waals surface area contributed by atoms with E-state index in [4.69, 9.17) is 5.11 Å². The Morgan fingerprint density at radius 3 is 2.70 bits per heavy atom. The third kappa shape index (κ3) is 4.24. The van der Waals surface area contributed by atoms with Gasteiger partial charge in [-0.15, -0.1) is 11.3 Å². The lowest BCUT2D eigenvalue weighted by Gasteiger charge is -2.20. The summed E-state index contributed by atoms with van der Waals surface area (Å²) in [5.41, 5.74) is -1.57. The fourth-order valence-electron chi connectivity index (χ4n) is 1.12. The van der Waals surface area contributed by atoms with Gasteiger partial charge in [-0.25, -0.2) is 17.9 Å². The van der Waals surface area contributed by atoms with Crippen molar-refractivity contribution in [3.05, 3.63) is 14.7 Å². The van der Waals surface area contributed by atoms with E-state index in [1.165, 1.54) is 20.1 Å². The molecule has 0 saturated carbocycles. The number of ether oxygens (including phenoxy) is 1. The molecule has 20 heavy (non-hydrogen) atoms. The standard InChI is InChI=1S/C10H14BrNO6S2/c1-10(15,5-13)4-12-20(16,17)7-3-6(9(14)18-2)19-8(7)11/h3,12-13,15H,4-5H2,1-2H3. The molecule has 0 saturated heterocycles. The predicted octanol–water partition coefficient (Wildman–Crippen LogP) is 0.319. The highest BCUT2D eigenvalue weighted by Crippen LogP contribution is 2.32. The van der Waals surface area contributed by atoms with E-state index in [-0.39, 0.29) is 20.1 Å². The molecule has 7 nitrogen and oxygen atoms in total. The minimum Gasteiger partial charge on any atom is -0.465 e. The molecule has 0 aliphatic heterocycles. The maximum atomic E-state index is 12.1. The molecule has 10 heteroatoms. The van der Waals surface area contributed by atoms with E-state index >= 15 is 0 Å². The number of esters is 1. The highest BCUT2D eigenvalue weighted by Gasteiger charge is 2.27. The Bertz CT molecular complexity index is 595. The molecular formula is C10H14BrNO6S2. The fraction of sp³-hybridized carbons (Fsp3) is 0.500. The van der Waals surface area contributed by atoms with E-state index in [1.807, 2.05) is 0 Å².